The number of carbonyl (C=O) groups is 3. The summed E-state index contributed by atoms with van der Waals surface area (Å²) in [6, 6.07) is 0. The van der Waals surface area contributed by atoms with Crippen molar-refractivity contribution >= 4 is 25.5 Å². The molecule has 0 aromatic rings. The summed E-state index contributed by atoms with van der Waals surface area (Å²) in [6.07, 6.45) is 5.57. The van der Waals surface area contributed by atoms with Gasteiger partial charge in [-0.15, -0.1) is 6.42 Å². The molecule has 3 heterocycles. The standard InChI is InChI=1S/C22H30NO9P/c1-7-22(6)18-16(31-19(22)23-10-8-15(24)12-17(23)25)13-29-33(27,32-18)28-11-9-21(4,5)20(26)30-14(2)3/h1,8,10,14,16,18-19H,9,11-13H2,2-6H3/t16-,18-,19-,22-,33-/m1/s1. The molecule has 3 aliphatic heterocycles. The van der Waals surface area contributed by atoms with Gasteiger partial charge in [-0.25, -0.2) is 4.57 Å². The van der Waals surface area contributed by atoms with Crippen molar-refractivity contribution < 1.29 is 42.0 Å². The normalized spacial score (nSPS) is 34.3. The summed E-state index contributed by atoms with van der Waals surface area (Å²) in [5.74, 6) is 1.45. The van der Waals surface area contributed by atoms with Crippen molar-refractivity contribution in [3.05, 3.63) is 12.3 Å². The van der Waals surface area contributed by atoms with Crippen LogP contribution in [0.15, 0.2) is 12.3 Å². The molecule has 2 fully saturated rings. The highest BCUT2D eigenvalue weighted by Gasteiger charge is 2.61. The zero-order valence-electron chi connectivity index (χ0n) is 19.4. The molecule has 0 radical (unpaired) electrons. The number of allylic oxidation sites excluding steroid dienone is 1. The second-order valence-corrected chi connectivity index (χ2v) is 11.0. The average molecular weight is 483 g/mol. The predicted molar refractivity (Wildman–Crippen MR) is 115 cm³/mol. The van der Waals surface area contributed by atoms with Gasteiger partial charge >= 0.3 is 13.8 Å². The Morgan fingerprint density at radius 3 is 2.73 bits per heavy atom. The molecule has 0 spiro atoms. The van der Waals surface area contributed by atoms with Crippen LogP contribution in [-0.2, 0) is 42.0 Å². The van der Waals surface area contributed by atoms with Crippen molar-refractivity contribution in [3.63, 3.8) is 0 Å². The zero-order valence-corrected chi connectivity index (χ0v) is 20.3. The number of ether oxygens (including phenoxy) is 2. The summed E-state index contributed by atoms with van der Waals surface area (Å²) in [6.45, 7) is 8.37. The minimum Gasteiger partial charge on any atom is -0.463 e. The van der Waals surface area contributed by atoms with E-state index in [2.05, 4.69) is 5.92 Å². The summed E-state index contributed by atoms with van der Waals surface area (Å²) >= 11 is 0. The molecule has 0 aromatic heterocycles. The monoisotopic (exact) mass is 483 g/mol. The number of terminal acetylenes is 1. The second kappa shape index (κ2) is 9.32. The highest BCUT2D eigenvalue weighted by molar-refractivity contribution is 7.48. The summed E-state index contributed by atoms with van der Waals surface area (Å²) in [5, 5.41) is 0. The van der Waals surface area contributed by atoms with Gasteiger partial charge in [-0.05, 0) is 47.1 Å². The fourth-order valence-corrected chi connectivity index (χ4v) is 5.24. The maximum atomic E-state index is 13.2. The smallest absolute Gasteiger partial charge is 0.463 e. The molecule has 11 heteroatoms. The van der Waals surface area contributed by atoms with Crippen molar-refractivity contribution in [2.75, 3.05) is 13.2 Å². The van der Waals surface area contributed by atoms with Crippen molar-refractivity contribution in [2.45, 2.75) is 72.0 Å². The van der Waals surface area contributed by atoms with Crippen molar-refractivity contribution in [1.82, 2.24) is 4.90 Å². The molecule has 5 atom stereocenters. The first-order chi connectivity index (χ1) is 15.3. The third-order valence-electron chi connectivity index (χ3n) is 5.85. The number of hydrogen-bond donors (Lipinski definition) is 0. The lowest BCUT2D eigenvalue weighted by molar-refractivity contribution is -0.158. The quantitative estimate of drug-likeness (QED) is 0.233. The van der Waals surface area contributed by atoms with Gasteiger partial charge in [0, 0.05) is 6.20 Å². The molecule has 0 N–H and O–H groups in total. The topological polar surface area (TPSA) is 118 Å². The van der Waals surface area contributed by atoms with Gasteiger partial charge in [-0.3, -0.25) is 32.9 Å². The molecule has 10 nitrogen and oxygen atoms in total. The fraction of sp³-hybridized carbons (Fsp3) is 0.682. The van der Waals surface area contributed by atoms with Crippen LogP contribution in [-0.4, -0.2) is 60.3 Å². The first-order valence-electron chi connectivity index (χ1n) is 10.8. The fourth-order valence-electron chi connectivity index (χ4n) is 3.76. The average Bonchev–Trinajstić information content (AvgIpc) is 2.99. The van der Waals surface area contributed by atoms with Gasteiger partial charge < -0.3 is 9.47 Å². The largest absolute Gasteiger partial charge is 0.475 e. The Morgan fingerprint density at radius 1 is 1.42 bits per heavy atom. The van der Waals surface area contributed by atoms with Crippen molar-refractivity contribution in [2.24, 2.45) is 10.8 Å². The van der Waals surface area contributed by atoms with E-state index in [0.717, 1.165) is 0 Å². The molecule has 33 heavy (non-hydrogen) atoms. The lowest BCUT2D eigenvalue weighted by Gasteiger charge is -2.37. The van der Waals surface area contributed by atoms with E-state index in [4.69, 9.17) is 29.5 Å². The van der Waals surface area contributed by atoms with Crippen LogP contribution in [0.4, 0.5) is 0 Å². The number of phosphoric acid groups is 1. The highest BCUT2D eigenvalue weighted by atomic mass is 31.2. The van der Waals surface area contributed by atoms with Crippen LogP contribution in [0.3, 0.4) is 0 Å². The van der Waals surface area contributed by atoms with E-state index < -0.39 is 49.0 Å². The Kier molecular flexibility index (Phi) is 7.23. The van der Waals surface area contributed by atoms with Crippen LogP contribution >= 0.6 is 7.82 Å². The van der Waals surface area contributed by atoms with Crippen molar-refractivity contribution in [3.8, 4) is 12.3 Å². The Morgan fingerprint density at radius 2 is 2.12 bits per heavy atom. The number of fused-ring (bicyclic) bond motifs is 1. The molecule has 1 amide bonds. The van der Waals surface area contributed by atoms with Gasteiger partial charge in [-0.2, -0.15) is 0 Å². The molecule has 0 unspecified atom stereocenters. The van der Waals surface area contributed by atoms with Crippen LogP contribution in [0.1, 0.15) is 47.5 Å². The number of carbonyl (C=O) groups excluding carboxylic acids is 3. The first-order valence-corrected chi connectivity index (χ1v) is 12.2. The maximum Gasteiger partial charge on any atom is 0.475 e. The van der Waals surface area contributed by atoms with Gasteiger partial charge in [0.1, 0.15) is 17.6 Å². The molecule has 0 bridgehead atoms. The Bertz CT molecular complexity index is 937. The van der Waals surface area contributed by atoms with Crippen LogP contribution in [0, 0.1) is 23.2 Å². The van der Waals surface area contributed by atoms with E-state index in [1.54, 1.807) is 34.6 Å². The maximum absolute atomic E-state index is 13.2. The lowest BCUT2D eigenvalue weighted by atomic mass is 9.82. The minimum absolute atomic E-state index is 0.0820. The second-order valence-electron chi connectivity index (χ2n) is 9.40. The van der Waals surface area contributed by atoms with E-state index in [-0.39, 0.29) is 37.9 Å². The number of nitrogens with zero attached hydrogens (tertiary/aromatic N) is 1. The van der Waals surface area contributed by atoms with E-state index in [1.807, 2.05) is 0 Å². The Balaban J connectivity index is 1.68. The highest BCUT2D eigenvalue weighted by Crippen LogP contribution is 2.59. The molecule has 0 aromatic carbocycles. The molecule has 0 saturated carbocycles. The van der Waals surface area contributed by atoms with E-state index >= 15 is 0 Å². The van der Waals surface area contributed by atoms with Gasteiger partial charge in [0.05, 0.1) is 31.2 Å². The molecule has 0 aliphatic carbocycles. The minimum atomic E-state index is -4.02. The zero-order chi connectivity index (χ0) is 24.6. The molecule has 3 rings (SSSR count). The number of rotatable bonds is 7. The molecule has 3 aliphatic rings. The molecule has 182 valence electrons. The van der Waals surface area contributed by atoms with E-state index in [9.17, 15) is 18.9 Å². The predicted octanol–water partition coefficient (Wildman–Crippen LogP) is 2.57. The summed E-state index contributed by atoms with van der Waals surface area (Å²) in [7, 11) is -4.02. The molecular formula is C22H30NO9P. The van der Waals surface area contributed by atoms with E-state index in [0.29, 0.717) is 0 Å². The molecule has 2 saturated heterocycles. The first kappa shape index (κ1) is 25.6. The van der Waals surface area contributed by atoms with Gasteiger partial charge in [0.2, 0.25) is 5.91 Å². The SMILES string of the molecule is C#C[C@]1(C)[C@@H]2O[P@](=O)(OCCC(C)(C)C(=O)OC(C)C)OC[C@H]2O[C@H]1N1C=CC(=O)CC1=O. The third-order valence-corrected chi connectivity index (χ3v) is 7.30. The Hall–Kier alpha value is -2.02. The summed E-state index contributed by atoms with van der Waals surface area (Å²) < 4.78 is 40.9. The van der Waals surface area contributed by atoms with Crippen LogP contribution in [0.25, 0.3) is 0 Å². The van der Waals surface area contributed by atoms with Crippen molar-refractivity contribution in [1.29, 1.82) is 0 Å². The van der Waals surface area contributed by atoms with E-state index in [1.165, 1.54) is 17.2 Å². The van der Waals surface area contributed by atoms with Crippen LogP contribution in [0.2, 0.25) is 0 Å². The van der Waals surface area contributed by atoms with Crippen LogP contribution < -0.4 is 0 Å². The van der Waals surface area contributed by atoms with Gasteiger partial charge in [-0.1, -0.05) is 5.92 Å². The number of amides is 1. The number of ketones is 1. The number of esters is 1. The Labute approximate surface area is 193 Å². The summed E-state index contributed by atoms with van der Waals surface area (Å²) in [4.78, 5) is 37.4. The van der Waals surface area contributed by atoms with Gasteiger partial charge in [0.15, 0.2) is 12.0 Å². The lowest BCUT2D eigenvalue weighted by Crippen LogP contribution is -2.49. The number of hydrogen-bond acceptors (Lipinski definition) is 9. The number of phosphoric ester groups is 1. The van der Waals surface area contributed by atoms with Gasteiger partial charge in [0.25, 0.3) is 0 Å². The summed E-state index contributed by atoms with van der Waals surface area (Å²) in [5.41, 5.74) is -2.05. The molecular weight excluding hydrogens is 453 g/mol. The van der Waals surface area contributed by atoms with Crippen LogP contribution in [0.5, 0.6) is 0 Å². The third kappa shape index (κ3) is 5.23.